The van der Waals surface area contributed by atoms with Gasteiger partial charge in [0.2, 0.25) is 0 Å². The molecule has 1 unspecified atom stereocenters. The number of nitrogens with zero attached hydrogens (tertiary/aromatic N) is 3. The van der Waals surface area contributed by atoms with Crippen LogP contribution in [0.4, 0.5) is 10.2 Å². The van der Waals surface area contributed by atoms with Crippen molar-refractivity contribution in [2.75, 3.05) is 23.3 Å². The molecule has 0 amide bonds. The minimum atomic E-state index is -0.245. The lowest BCUT2D eigenvalue weighted by Gasteiger charge is -2.33. The van der Waals surface area contributed by atoms with Gasteiger partial charge in [-0.1, -0.05) is 22.9 Å². The first-order chi connectivity index (χ1) is 8.26. The third-order valence-electron chi connectivity index (χ3n) is 3.21. The summed E-state index contributed by atoms with van der Waals surface area (Å²) >= 11 is 3.50. The monoisotopic (exact) mass is 301 g/mol. The standard InChI is InChI=1S/C12H17BrFN3/c1-2-10-11(14)12(16-8-15-10)17-5-3-4-9(6-13)7-17/h8-9H,2-7H2,1H3. The van der Waals surface area contributed by atoms with Crippen LogP contribution in [0.3, 0.4) is 0 Å². The molecule has 94 valence electrons. The Bertz CT molecular complexity index is 386. The second kappa shape index (κ2) is 5.76. The normalized spacial score (nSPS) is 20.6. The van der Waals surface area contributed by atoms with Gasteiger partial charge in [-0.05, 0) is 25.2 Å². The highest BCUT2D eigenvalue weighted by Gasteiger charge is 2.23. The lowest BCUT2D eigenvalue weighted by atomic mass is 10.0. The summed E-state index contributed by atoms with van der Waals surface area (Å²) in [6.45, 7) is 3.68. The van der Waals surface area contributed by atoms with Gasteiger partial charge in [0.25, 0.3) is 0 Å². The third kappa shape index (κ3) is 2.76. The molecule has 1 aliphatic rings. The molecule has 1 fully saturated rings. The van der Waals surface area contributed by atoms with Crippen LogP contribution in [-0.4, -0.2) is 28.4 Å². The molecule has 0 N–H and O–H groups in total. The number of hydrogen-bond donors (Lipinski definition) is 0. The van der Waals surface area contributed by atoms with Crippen LogP contribution in [0.5, 0.6) is 0 Å². The Morgan fingerprint density at radius 1 is 1.53 bits per heavy atom. The van der Waals surface area contributed by atoms with Crippen LogP contribution in [0.2, 0.25) is 0 Å². The number of aryl methyl sites for hydroxylation is 1. The highest BCUT2D eigenvalue weighted by atomic mass is 79.9. The quantitative estimate of drug-likeness (QED) is 0.804. The number of rotatable bonds is 3. The fraction of sp³-hybridized carbons (Fsp3) is 0.667. The average Bonchev–Trinajstić information content (AvgIpc) is 2.39. The summed E-state index contributed by atoms with van der Waals surface area (Å²) in [5.74, 6) is 0.816. The molecule has 0 saturated carbocycles. The van der Waals surface area contributed by atoms with Crippen molar-refractivity contribution in [1.29, 1.82) is 0 Å². The first-order valence-electron chi connectivity index (χ1n) is 6.06. The lowest BCUT2D eigenvalue weighted by Crippen LogP contribution is -2.37. The van der Waals surface area contributed by atoms with Gasteiger partial charge in [0, 0.05) is 18.4 Å². The highest BCUT2D eigenvalue weighted by molar-refractivity contribution is 9.09. The van der Waals surface area contributed by atoms with Crippen LogP contribution in [0.1, 0.15) is 25.5 Å². The molecule has 0 aliphatic carbocycles. The summed E-state index contributed by atoms with van der Waals surface area (Å²) in [6.07, 6.45) is 4.38. The van der Waals surface area contributed by atoms with Crippen molar-refractivity contribution in [3.05, 3.63) is 17.8 Å². The SMILES string of the molecule is CCc1ncnc(N2CCCC(CBr)C2)c1F. The van der Waals surface area contributed by atoms with Gasteiger partial charge >= 0.3 is 0 Å². The minimum absolute atomic E-state index is 0.245. The molecule has 0 aromatic carbocycles. The molecular formula is C12H17BrFN3. The Kier molecular flexibility index (Phi) is 4.31. The maximum Gasteiger partial charge on any atom is 0.187 e. The summed E-state index contributed by atoms with van der Waals surface area (Å²) < 4.78 is 14.1. The third-order valence-corrected chi connectivity index (χ3v) is 4.13. The molecule has 0 radical (unpaired) electrons. The molecule has 1 aliphatic heterocycles. The molecule has 2 heterocycles. The molecule has 2 rings (SSSR count). The second-order valence-corrected chi connectivity index (χ2v) is 5.07. The smallest absolute Gasteiger partial charge is 0.187 e. The Morgan fingerprint density at radius 2 is 2.35 bits per heavy atom. The average molecular weight is 302 g/mol. The molecule has 17 heavy (non-hydrogen) atoms. The van der Waals surface area contributed by atoms with E-state index < -0.39 is 0 Å². The summed E-state index contributed by atoms with van der Waals surface area (Å²) in [5.41, 5.74) is 0.510. The maximum atomic E-state index is 14.1. The van der Waals surface area contributed by atoms with E-state index in [0.717, 1.165) is 24.8 Å². The van der Waals surface area contributed by atoms with E-state index in [1.807, 2.05) is 11.8 Å². The largest absolute Gasteiger partial charge is 0.354 e. The Labute approximate surface area is 110 Å². The van der Waals surface area contributed by atoms with Crippen molar-refractivity contribution in [1.82, 2.24) is 9.97 Å². The van der Waals surface area contributed by atoms with Crippen LogP contribution >= 0.6 is 15.9 Å². The molecule has 1 saturated heterocycles. The van der Waals surface area contributed by atoms with E-state index >= 15 is 0 Å². The van der Waals surface area contributed by atoms with Crippen LogP contribution in [0, 0.1) is 11.7 Å². The van der Waals surface area contributed by atoms with Gasteiger partial charge in [-0.3, -0.25) is 0 Å². The van der Waals surface area contributed by atoms with E-state index in [-0.39, 0.29) is 5.82 Å². The van der Waals surface area contributed by atoms with E-state index in [9.17, 15) is 4.39 Å². The van der Waals surface area contributed by atoms with Crippen LogP contribution in [0.25, 0.3) is 0 Å². The summed E-state index contributed by atoms with van der Waals surface area (Å²) in [4.78, 5) is 10.1. The van der Waals surface area contributed by atoms with E-state index in [4.69, 9.17) is 0 Å². The molecule has 0 bridgehead atoms. The molecular weight excluding hydrogens is 285 g/mol. The molecule has 5 heteroatoms. The number of alkyl halides is 1. The van der Waals surface area contributed by atoms with E-state index in [1.165, 1.54) is 12.7 Å². The number of aromatic nitrogens is 2. The lowest BCUT2D eigenvalue weighted by molar-refractivity contribution is 0.445. The van der Waals surface area contributed by atoms with Crippen LogP contribution in [-0.2, 0) is 6.42 Å². The Morgan fingerprint density at radius 3 is 3.06 bits per heavy atom. The molecule has 0 spiro atoms. The van der Waals surface area contributed by atoms with Crippen molar-refractivity contribution in [2.45, 2.75) is 26.2 Å². The summed E-state index contributed by atoms with van der Waals surface area (Å²) in [6, 6.07) is 0. The van der Waals surface area contributed by atoms with Crippen LogP contribution < -0.4 is 4.90 Å². The van der Waals surface area contributed by atoms with Gasteiger partial charge in [0.1, 0.15) is 6.33 Å². The maximum absolute atomic E-state index is 14.1. The van der Waals surface area contributed by atoms with E-state index in [1.54, 1.807) is 0 Å². The highest BCUT2D eigenvalue weighted by Crippen LogP contribution is 2.25. The van der Waals surface area contributed by atoms with Gasteiger partial charge in [-0.2, -0.15) is 0 Å². The topological polar surface area (TPSA) is 29.0 Å². The van der Waals surface area contributed by atoms with Crippen molar-refractivity contribution < 1.29 is 4.39 Å². The molecule has 1 aromatic heterocycles. The van der Waals surface area contributed by atoms with Gasteiger partial charge in [0.15, 0.2) is 11.6 Å². The van der Waals surface area contributed by atoms with Crippen molar-refractivity contribution >= 4 is 21.7 Å². The van der Waals surface area contributed by atoms with Gasteiger partial charge in [-0.25, -0.2) is 14.4 Å². The fourth-order valence-corrected chi connectivity index (χ4v) is 2.77. The molecule has 1 atom stereocenters. The van der Waals surface area contributed by atoms with Crippen molar-refractivity contribution in [3.8, 4) is 0 Å². The Hall–Kier alpha value is -0.710. The number of halogens is 2. The Balaban J connectivity index is 2.21. The first kappa shape index (κ1) is 12.7. The number of hydrogen-bond acceptors (Lipinski definition) is 3. The summed E-state index contributed by atoms with van der Waals surface area (Å²) in [7, 11) is 0. The van der Waals surface area contributed by atoms with Gasteiger partial charge in [0.05, 0.1) is 5.69 Å². The van der Waals surface area contributed by atoms with Gasteiger partial charge < -0.3 is 4.90 Å². The first-order valence-corrected chi connectivity index (χ1v) is 7.18. The second-order valence-electron chi connectivity index (χ2n) is 4.42. The molecule has 3 nitrogen and oxygen atoms in total. The number of anilines is 1. The number of piperidine rings is 1. The van der Waals surface area contributed by atoms with Crippen LogP contribution in [0.15, 0.2) is 6.33 Å². The zero-order valence-electron chi connectivity index (χ0n) is 9.99. The van der Waals surface area contributed by atoms with Crippen molar-refractivity contribution in [2.24, 2.45) is 5.92 Å². The zero-order chi connectivity index (χ0) is 12.3. The molecule has 1 aromatic rings. The summed E-state index contributed by atoms with van der Waals surface area (Å²) in [5, 5.41) is 0.969. The predicted octanol–water partition coefficient (Wildman–Crippen LogP) is 2.79. The fourth-order valence-electron chi connectivity index (χ4n) is 2.25. The predicted molar refractivity (Wildman–Crippen MR) is 70.1 cm³/mol. The van der Waals surface area contributed by atoms with E-state index in [0.29, 0.717) is 23.9 Å². The van der Waals surface area contributed by atoms with Crippen molar-refractivity contribution in [3.63, 3.8) is 0 Å². The van der Waals surface area contributed by atoms with E-state index in [2.05, 4.69) is 25.9 Å². The zero-order valence-corrected chi connectivity index (χ0v) is 11.6. The van der Waals surface area contributed by atoms with Gasteiger partial charge in [-0.15, -0.1) is 0 Å². The minimum Gasteiger partial charge on any atom is -0.354 e.